The lowest BCUT2D eigenvalue weighted by atomic mass is 10.1. The van der Waals surface area contributed by atoms with Gasteiger partial charge >= 0.3 is 17.9 Å². The lowest BCUT2D eigenvalue weighted by Gasteiger charge is -2.18. The summed E-state index contributed by atoms with van der Waals surface area (Å²) in [5, 5.41) is 0. The van der Waals surface area contributed by atoms with E-state index in [0.29, 0.717) is 19.3 Å². The van der Waals surface area contributed by atoms with Gasteiger partial charge in [0.15, 0.2) is 6.10 Å². The van der Waals surface area contributed by atoms with Gasteiger partial charge < -0.3 is 14.2 Å². The number of allylic oxidation sites excluding steroid dienone is 18. The first kappa shape index (κ1) is 54.1. The zero-order chi connectivity index (χ0) is 42.3. The van der Waals surface area contributed by atoms with E-state index in [4.69, 9.17) is 14.2 Å². The largest absolute Gasteiger partial charge is 0.462 e. The molecule has 0 aromatic carbocycles. The molecule has 0 radical (unpaired) electrons. The minimum atomic E-state index is -0.814. The third-order valence-electron chi connectivity index (χ3n) is 9.09. The number of carbonyl (C=O) groups is 3. The molecule has 58 heavy (non-hydrogen) atoms. The molecular weight excluding hydrogens is 721 g/mol. The van der Waals surface area contributed by atoms with Gasteiger partial charge in [-0.25, -0.2) is 0 Å². The Labute approximate surface area is 355 Å². The summed E-state index contributed by atoms with van der Waals surface area (Å²) in [5.41, 5.74) is 0. The van der Waals surface area contributed by atoms with Gasteiger partial charge in [0.2, 0.25) is 0 Å². The van der Waals surface area contributed by atoms with Crippen molar-refractivity contribution < 1.29 is 28.6 Å². The second-order valence-electron chi connectivity index (χ2n) is 14.6. The smallest absolute Gasteiger partial charge is 0.306 e. The van der Waals surface area contributed by atoms with Crippen LogP contribution in [-0.4, -0.2) is 37.2 Å². The molecule has 1 unspecified atom stereocenters. The van der Waals surface area contributed by atoms with Gasteiger partial charge in [0.05, 0.1) is 0 Å². The minimum Gasteiger partial charge on any atom is -0.462 e. The van der Waals surface area contributed by atoms with E-state index in [-0.39, 0.29) is 37.5 Å². The molecule has 0 aromatic heterocycles. The average Bonchev–Trinajstić information content (AvgIpc) is 3.22. The van der Waals surface area contributed by atoms with Crippen LogP contribution in [0.25, 0.3) is 0 Å². The highest BCUT2D eigenvalue weighted by molar-refractivity contribution is 5.71. The molecule has 1 atom stereocenters. The molecule has 326 valence electrons. The van der Waals surface area contributed by atoms with E-state index in [2.05, 4.69) is 106 Å². The van der Waals surface area contributed by atoms with Crippen LogP contribution in [0, 0.1) is 0 Å². The van der Waals surface area contributed by atoms with E-state index >= 15 is 0 Å². The Morgan fingerprint density at radius 1 is 0.379 bits per heavy atom. The molecule has 0 aromatic rings. The van der Waals surface area contributed by atoms with Crippen molar-refractivity contribution in [3.8, 4) is 0 Å². The standard InChI is InChI=1S/C52H82O6/c1-4-7-10-13-16-19-21-23-25-27-28-30-33-36-39-42-45-51(54)57-48-49(47-56-50(53)44-41-38-35-32-18-15-12-9-6-3)58-52(55)46-43-40-37-34-31-29-26-24-22-20-17-14-11-8-5-2/h7-8,10-11,14,16-17,19-20,22-26,28,30,32,35,49H,4-6,9,12-13,15,18,21,27,29,31,33-34,36-48H2,1-3H3/b10-7-,11-8-,17-14-,19-16-,22-20-,25-23-,26-24-,30-28-,35-32-. The van der Waals surface area contributed by atoms with E-state index < -0.39 is 6.10 Å². The zero-order valence-electron chi connectivity index (χ0n) is 37.0. The van der Waals surface area contributed by atoms with Crippen molar-refractivity contribution in [3.63, 3.8) is 0 Å². The first-order chi connectivity index (χ1) is 28.5. The molecule has 0 amide bonds. The quantitative estimate of drug-likeness (QED) is 0.0202. The third kappa shape index (κ3) is 43.2. The predicted octanol–water partition coefficient (Wildman–Crippen LogP) is 14.8. The summed E-state index contributed by atoms with van der Waals surface area (Å²) < 4.78 is 16.6. The second kappa shape index (κ2) is 45.8. The Morgan fingerprint density at radius 3 is 1.36 bits per heavy atom. The average molecular weight is 803 g/mol. The van der Waals surface area contributed by atoms with Crippen LogP contribution < -0.4 is 0 Å². The summed E-state index contributed by atoms with van der Waals surface area (Å²) in [4.78, 5) is 37.7. The lowest BCUT2D eigenvalue weighted by Crippen LogP contribution is -2.30. The van der Waals surface area contributed by atoms with E-state index in [0.717, 1.165) is 109 Å². The molecule has 0 aliphatic carbocycles. The minimum absolute atomic E-state index is 0.116. The highest BCUT2D eigenvalue weighted by Gasteiger charge is 2.19. The van der Waals surface area contributed by atoms with Gasteiger partial charge in [-0.2, -0.15) is 0 Å². The fraction of sp³-hybridized carbons (Fsp3) is 0.596. The number of ether oxygens (including phenoxy) is 3. The Morgan fingerprint density at radius 2 is 0.776 bits per heavy atom. The number of carbonyl (C=O) groups excluding carboxylic acids is 3. The summed E-state index contributed by atoms with van der Waals surface area (Å²) >= 11 is 0. The summed E-state index contributed by atoms with van der Waals surface area (Å²) in [6, 6.07) is 0. The van der Waals surface area contributed by atoms with Crippen LogP contribution in [0.2, 0.25) is 0 Å². The van der Waals surface area contributed by atoms with Crippen molar-refractivity contribution in [1.82, 2.24) is 0 Å². The van der Waals surface area contributed by atoms with Crippen LogP contribution in [0.5, 0.6) is 0 Å². The Balaban J connectivity index is 4.51. The highest BCUT2D eigenvalue weighted by atomic mass is 16.6. The first-order valence-electron chi connectivity index (χ1n) is 22.9. The van der Waals surface area contributed by atoms with Crippen molar-refractivity contribution >= 4 is 17.9 Å². The maximum absolute atomic E-state index is 12.7. The molecule has 0 aliphatic rings. The molecule has 0 spiro atoms. The number of unbranched alkanes of at least 4 members (excludes halogenated alkanes) is 13. The maximum atomic E-state index is 12.7. The molecule has 0 saturated carbocycles. The topological polar surface area (TPSA) is 78.9 Å². The Kier molecular flexibility index (Phi) is 42.7. The number of rotatable bonds is 39. The SMILES string of the molecule is CC\C=C/C=C\C=C/C=C\CCCCCCCC(=O)OC(COC(=O)CCC/C=C\CCCCCC)COC(=O)CCCCC/C=C\C/C=C\C/C=C\C/C=C\CC. The van der Waals surface area contributed by atoms with Gasteiger partial charge in [0, 0.05) is 19.3 Å². The van der Waals surface area contributed by atoms with E-state index in [9.17, 15) is 14.4 Å². The normalized spacial score (nSPS) is 13.1. The summed E-state index contributed by atoms with van der Waals surface area (Å²) in [6.45, 7) is 6.24. The van der Waals surface area contributed by atoms with Crippen LogP contribution in [0.3, 0.4) is 0 Å². The van der Waals surface area contributed by atoms with Gasteiger partial charge in [-0.1, -0.05) is 175 Å². The predicted molar refractivity (Wildman–Crippen MR) is 247 cm³/mol. The molecule has 0 saturated heterocycles. The summed E-state index contributed by atoms with van der Waals surface area (Å²) in [5.74, 6) is -1.02. The number of hydrogen-bond acceptors (Lipinski definition) is 6. The molecule has 6 heteroatoms. The summed E-state index contributed by atoms with van der Waals surface area (Å²) in [7, 11) is 0. The van der Waals surface area contributed by atoms with Gasteiger partial charge in [-0.3, -0.25) is 14.4 Å². The lowest BCUT2D eigenvalue weighted by molar-refractivity contribution is -0.167. The molecule has 0 N–H and O–H groups in total. The van der Waals surface area contributed by atoms with Gasteiger partial charge in [-0.05, 0) is 96.3 Å². The van der Waals surface area contributed by atoms with Crippen molar-refractivity contribution in [1.29, 1.82) is 0 Å². The molecule has 0 bridgehead atoms. The third-order valence-corrected chi connectivity index (χ3v) is 9.09. The second-order valence-corrected chi connectivity index (χ2v) is 14.6. The molecule has 0 rings (SSSR count). The van der Waals surface area contributed by atoms with E-state index in [1.807, 2.05) is 24.3 Å². The van der Waals surface area contributed by atoms with Crippen LogP contribution in [-0.2, 0) is 28.6 Å². The van der Waals surface area contributed by atoms with Crippen LogP contribution >= 0.6 is 0 Å². The molecule has 0 fully saturated rings. The molecule has 6 nitrogen and oxygen atoms in total. The van der Waals surface area contributed by atoms with Crippen molar-refractivity contribution in [2.75, 3.05) is 13.2 Å². The first-order valence-corrected chi connectivity index (χ1v) is 22.9. The van der Waals surface area contributed by atoms with Crippen LogP contribution in [0.4, 0.5) is 0 Å². The van der Waals surface area contributed by atoms with Crippen LogP contribution in [0.1, 0.15) is 181 Å². The van der Waals surface area contributed by atoms with Gasteiger partial charge in [0.25, 0.3) is 0 Å². The fourth-order valence-corrected chi connectivity index (χ4v) is 5.68. The zero-order valence-corrected chi connectivity index (χ0v) is 37.0. The van der Waals surface area contributed by atoms with E-state index in [1.54, 1.807) is 0 Å². The summed E-state index contributed by atoms with van der Waals surface area (Å²) in [6.07, 6.45) is 60.8. The van der Waals surface area contributed by atoms with E-state index in [1.165, 1.54) is 25.7 Å². The van der Waals surface area contributed by atoms with Crippen LogP contribution in [0.15, 0.2) is 109 Å². The Bertz CT molecular complexity index is 1240. The van der Waals surface area contributed by atoms with Crippen molar-refractivity contribution in [2.24, 2.45) is 0 Å². The highest BCUT2D eigenvalue weighted by Crippen LogP contribution is 2.11. The fourth-order valence-electron chi connectivity index (χ4n) is 5.68. The number of hydrogen-bond donors (Lipinski definition) is 0. The van der Waals surface area contributed by atoms with Gasteiger partial charge in [0.1, 0.15) is 13.2 Å². The molecule has 0 aliphatic heterocycles. The monoisotopic (exact) mass is 803 g/mol. The Hall–Kier alpha value is -3.93. The van der Waals surface area contributed by atoms with Crippen molar-refractivity contribution in [3.05, 3.63) is 109 Å². The maximum Gasteiger partial charge on any atom is 0.306 e. The molecule has 0 heterocycles. The molecular formula is C52H82O6. The van der Waals surface area contributed by atoms with Gasteiger partial charge in [-0.15, -0.1) is 0 Å². The van der Waals surface area contributed by atoms with Crippen molar-refractivity contribution in [2.45, 2.75) is 187 Å². The number of esters is 3.